The second-order valence-electron chi connectivity index (χ2n) is 8.05. The van der Waals surface area contributed by atoms with Crippen LogP contribution in [-0.2, 0) is 14.8 Å². The van der Waals surface area contributed by atoms with Gasteiger partial charge < -0.3 is 21.1 Å². The van der Waals surface area contributed by atoms with Crippen LogP contribution in [-0.4, -0.2) is 65.2 Å². The second kappa shape index (κ2) is 12.4. The number of rotatable bonds is 12. The van der Waals surface area contributed by atoms with Crippen LogP contribution >= 0.6 is 0 Å². The molecule has 1 rings (SSSR count). The molecule has 0 bridgehead atoms. The molecule has 9 nitrogen and oxygen atoms in total. The Morgan fingerprint density at radius 2 is 1.82 bits per heavy atom. The quantitative estimate of drug-likeness (QED) is 0.254. The molecule has 11 heteroatoms. The highest BCUT2D eigenvalue weighted by atomic mass is 32.2. The summed E-state index contributed by atoms with van der Waals surface area (Å²) < 4.78 is 38.3. The largest absolute Gasteiger partial charge is 0.481 e. The molecule has 0 unspecified atom stereocenters. The Kier molecular flexibility index (Phi) is 10.6. The standard InChI is InChI=1S/C23H32FN3O6S/c1-14(2)22(25)20(11-10-18(28)12-19(29)13-21(30)31)23(16-6-8-17(24)9-7-16)26-15(3)27(4)34(5,32)33/h6-11,14,18-19,28-29H,3,12-13,25H2,1-2,4-5H3,(H,30,31)/b11-10+,22-20-,26-23?/t18-,19-/m1/s1. The van der Waals surface area contributed by atoms with E-state index in [9.17, 15) is 27.8 Å². The summed E-state index contributed by atoms with van der Waals surface area (Å²) in [5.41, 5.74) is 7.57. The molecule has 0 aliphatic heterocycles. The number of aliphatic hydroxyl groups excluding tert-OH is 2. The first-order valence-electron chi connectivity index (χ1n) is 10.4. The van der Waals surface area contributed by atoms with Crippen LogP contribution in [0.2, 0.25) is 0 Å². The molecular formula is C23H32FN3O6S. The van der Waals surface area contributed by atoms with Crippen LogP contribution in [0.1, 0.15) is 32.3 Å². The van der Waals surface area contributed by atoms with E-state index in [-0.39, 0.29) is 23.9 Å². The molecule has 0 radical (unpaired) electrons. The average Bonchev–Trinajstić information content (AvgIpc) is 2.71. The summed E-state index contributed by atoms with van der Waals surface area (Å²) in [5, 5.41) is 28.8. The van der Waals surface area contributed by atoms with Crippen molar-refractivity contribution in [1.29, 1.82) is 0 Å². The summed E-state index contributed by atoms with van der Waals surface area (Å²) in [5.74, 6) is -2.01. The minimum Gasteiger partial charge on any atom is -0.481 e. The van der Waals surface area contributed by atoms with Crippen molar-refractivity contribution in [3.05, 3.63) is 71.5 Å². The number of benzene rings is 1. The molecule has 0 aromatic heterocycles. The number of carboxylic acids is 1. The zero-order chi connectivity index (χ0) is 26.2. The Labute approximate surface area is 199 Å². The van der Waals surface area contributed by atoms with E-state index in [0.717, 1.165) is 10.6 Å². The van der Waals surface area contributed by atoms with Crippen LogP contribution in [0.25, 0.3) is 0 Å². The fraction of sp³-hybridized carbons (Fsp3) is 0.391. The number of aliphatic imine (C=N–C) groups is 1. The molecule has 1 aromatic rings. The van der Waals surface area contributed by atoms with Gasteiger partial charge in [-0.3, -0.25) is 9.10 Å². The first-order valence-corrected chi connectivity index (χ1v) is 12.2. The summed E-state index contributed by atoms with van der Waals surface area (Å²) in [6.45, 7) is 7.34. The van der Waals surface area contributed by atoms with Gasteiger partial charge in [-0.1, -0.05) is 32.6 Å². The number of aliphatic carboxylic acids is 1. The fourth-order valence-corrected chi connectivity index (χ4v) is 3.17. The van der Waals surface area contributed by atoms with Gasteiger partial charge in [0.15, 0.2) is 0 Å². The first-order chi connectivity index (χ1) is 15.6. The molecular weight excluding hydrogens is 465 g/mol. The Morgan fingerprint density at radius 1 is 1.26 bits per heavy atom. The Balaban J connectivity index is 3.58. The van der Waals surface area contributed by atoms with E-state index in [1.807, 2.05) is 13.8 Å². The highest BCUT2D eigenvalue weighted by Gasteiger charge is 2.19. The molecule has 1 aromatic carbocycles. The second-order valence-corrected chi connectivity index (χ2v) is 10.1. The highest BCUT2D eigenvalue weighted by Crippen LogP contribution is 2.21. The molecule has 0 saturated carbocycles. The van der Waals surface area contributed by atoms with Crippen molar-refractivity contribution in [2.24, 2.45) is 16.6 Å². The van der Waals surface area contributed by atoms with Crippen molar-refractivity contribution >= 4 is 21.7 Å². The van der Waals surface area contributed by atoms with E-state index < -0.39 is 40.4 Å². The summed E-state index contributed by atoms with van der Waals surface area (Å²) >= 11 is 0. The number of allylic oxidation sites excluding steroid dienone is 3. The van der Waals surface area contributed by atoms with Crippen molar-refractivity contribution < 1.29 is 32.9 Å². The van der Waals surface area contributed by atoms with Crippen molar-refractivity contribution in [2.75, 3.05) is 13.3 Å². The van der Waals surface area contributed by atoms with Gasteiger partial charge >= 0.3 is 5.97 Å². The SMILES string of the molecule is C=C(N=C(C(/C=C/[C@@H](O)C[C@@H](O)CC(=O)O)=C(\N)C(C)C)c1ccc(F)cc1)N(C)S(C)(=O)=O. The molecule has 0 fully saturated rings. The third kappa shape index (κ3) is 9.08. The predicted molar refractivity (Wildman–Crippen MR) is 129 cm³/mol. The third-order valence-electron chi connectivity index (χ3n) is 4.82. The highest BCUT2D eigenvalue weighted by molar-refractivity contribution is 7.88. The zero-order valence-electron chi connectivity index (χ0n) is 19.6. The van der Waals surface area contributed by atoms with E-state index in [1.54, 1.807) is 0 Å². The lowest BCUT2D eigenvalue weighted by atomic mass is 9.95. The molecule has 188 valence electrons. The first kappa shape index (κ1) is 29.0. The summed E-state index contributed by atoms with van der Waals surface area (Å²) in [6, 6.07) is 5.29. The fourth-order valence-electron chi connectivity index (χ4n) is 2.75. The molecule has 0 spiro atoms. The lowest BCUT2D eigenvalue weighted by molar-refractivity contribution is -0.139. The summed E-state index contributed by atoms with van der Waals surface area (Å²) in [4.78, 5) is 15.1. The molecule has 34 heavy (non-hydrogen) atoms. The molecule has 5 N–H and O–H groups in total. The Morgan fingerprint density at radius 3 is 2.29 bits per heavy atom. The number of carboxylic acid groups (broad SMARTS) is 1. The van der Waals surface area contributed by atoms with E-state index in [4.69, 9.17) is 10.8 Å². The molecule has 0 aliphatic carbocycles. The van der Waals surface area contributed by atoms with Gasteiger partial charge in [-0.2, -0.15) is 0 Å². The third-order valence-corrected chi connectivity index (χ3v) is 6.02. The average molecular weight is 498 g/mol. The number of sulfonamides is 1. The van der Waals surface area contributed by atoms with Crippen molar-refractivity contribution in [2.45, 2.75) is 38.9 Å². The molecule has 0 heterocycles. The van der Waals surface area contributed by atoms with Gasteiger partial charge in [0.05, 0.1) is 30.6 Å². The van der Waals surface area contributed by atoms with Gasteiger partial charge in [0.25, 0.3) is 0 Å². The summed E-state index contributed by atoms with van der Waals surface area (Å²) in [7, 11) is -2.38. The van der Waals surface area contributed by atoms with E-state index in [0.29, 0.717) is 16.8 Å². The molecule has 0 saturated heterocycles. The number of nitrogens with two attached hydrogens (primary N) is 1. The smallest absolute Gasteiger partial charge is 0.305 e. The summed E-state index contributed by atoms with van der Waals surface area (Å²) in [6.07, 6.45) is 0.525. The van der Waals surface area contributed by atoms with Gasteiger partial charge in [-0.25, -0.2) is 17.8 Å². The number of halogens is 1. The molecule has 0 aliphatic rings. The maximum Gasteiger partial charge on any atom is 0.305 e. The number of hydrogen-bond acceptors (Lipinski definition) is 7. The number of hydrogen-bond donors (Lipinski definition) is 4. The lowest BCUT2D eigenvalue weighted by Crippen LogP contribution is -2.25. The Bertz CT molecular complexity index is 1080. The van der Waals surface area contributed by atoms with E-state index in [1.165, 1.54) is 43.5 Å². The van der Waals surface area contributed by atoms with Crippen LogP contribution < -0.4 is 5.73 Å². The van der Waals surface area contributed by atoms with E-state index >= 15 is 0 Å². The number of nitrogens with zero attached hydrogens (tertiary/aromatic N) is 2. The predicted octanol–water partition coefficient (Wildman–Crippen LogP) is 1.99. The minimum atomic E-state index is -3.66. The van der Waals surface area contributed by atoms with Gasteiger partial charge in [-0.05, 0) is 30.2 Å². The van der Waals surface area contributed by atoms with Crippen LogP contribution in [0, 0.1) is 11.7 Å². The van der Waals surface area contributed by atoms with Crippen molar-refractivity contribution in [3.8, 4) is 0 Å². The topological polar surface area (TPSA) is 154 Å². The van der Waals surface area contributed by atoms with Crippen LogP contribution in [0.15, 0.2) is 65.1 Å². The normalized spacial score (nSPS) is 15.2. The molecule has 2 atom stereocenters. The van der Waals surface area contributed by atoms with Gasteiger partial charge in [0, 0.05) is 30.3 Å². The zero-order valence-corrected chi connectivity index (χ0v) is 20.5. The van der Waals surface area contributed by atoms with Gasteiger partial charge in [0.1, 0.15) is 11.6 Å². The van der Waals surface area contributed by atoms with Crippen LogP contribution in [0.4, 0.5) is 4.39 Å². The maximum atomic E-state index is 13.6. The van der Waals surface area contributed by atoms with Gasteiger partial charge in [0.2, 0.25) is 10.0 Å². The van der Waals surface area contributed by atoms with Crippen LogP contribution in [0.5, 0.6) is 0 Å². The van der Waals surface area contributed by atoms with E-state index in [2.05, 4.69) is 11.6 Å². The number of aliphatic hydroxyl groups is 2. The minimum absolute atomic E-state index is 0.123. The van der Waals surface area contributed by atoms with Gasteiger partial charge in [-0.15, -0.1) is 0 Å². The van der Waals surface area contributed by atoms with Crippen LogP contribution in [0.3, 0.4) is 0 Å². The lowest BCUT2D eigenvalue weighted by Gasteiger charge is -2.20. The Hall–Kier alpha value is -3.02. The maximum absolute atomic E-state index is 13.6. The van der Waals surface area contributed by atoms with Crippen molar-refractivity contribution in [3.63, 3.8) is 0 Å². The monoisotopic (exact) mass is 497 g/mol. The van der Waals surface area contributed by atoms with Crippen molar-refractivity contribution in [1.82, 2.24) is 4.31 Å². The number of carbonyl (C=O) groups is 1. The molecule has 0 amide bonds.